The van der Waals surface area contributed by atoms with E-state index in [1.54, 1.807) is 44.2 Å². The van der Waals surface area contributed by atoms with Crippen LogP contribution < -0.4 is 0 Å². The van der Waals surface area contributed by atoms with Crippen molar-refractivity contribution in [3.8, 4) is 0 Å². The van der Waals surface area contributed by atoms with Crippen molar-refractivity contribution < 1.29 is 27.9 Å². The summed E-state index contributed by atoms with van der Waals surface area (Å²) in [5.41, 5.74) is 0.405. The summed E-state index contributed by atoms with van der Waals surface area (Å²) in [7, 11) is -2.32. The predicted molar refractivity (Wildman–Crippen MR) is 92.3 cm³/mol. The van der Waals surface area contributed by atoms with Crippen LogP contribution >= 0.6 is 7.60 Å². The maximum atomic E-state index is 13.2. The van der Waals surface area contributed by atoms with Gasteiger partial charge in [0.1, 0.15) is 11.8 Å². The summed E-state index contributed by atoms with van der Waals surface area (Å²) in [6, 6.07) is 7.75. The van der Waals surface area contributed by atoms with Crippen LogP contribution in [-0.4, -0.2) is 48.9 Å². The van der Waals surface area contributed by atoms with E-state index in [-0.39, 0.29) is 13.2 Å². The van der Waals surface area contributed by atoms with E-state index in [2.05, 4.69) is 0 Å². The maximum absolute atomic E-state index is 13.2. The van der Waals surface area contributed by atoms with Crippen LogP contribution in [0.15, 0.2) is 30.3 Å². The van der Waals surface area contributed by atoms with Gasteiger partial charge in [-0.3, -0.25) is 9.36 Å². The van der Waals surface area contributed by atoms with Crippen molar-refractivity contribution in [3.63, 3.8) is 0 Å². The van der Waals surface area contributed by atoms with Gasteiger partial charge in [0.25, 0.3) is 5.91 Å². The number of esters is 1. The number of rotatable bonds is 7. The second-order valence-electron chi connectivity index (χ2n) is 5.55. The van der Waals surface area contributed by atoms with Crippen LogP contribution in [0.25, 0.3) is 0 Å². The molecule has 2 atom stereocenters. The fourth-order valence-electron chi connectivity index (χ4n) is 3.05. The fraction of sp³-hybridized carbons (Fsp3) is 0.529. The second kappa shape index (κ2) is 8.61. The molecular formula is C17H24NO6P. The van der Waals surface area contributed by atoms with Crippen molar-refractivity contribution in [1.29, 1.82) is 0 Å². The Bertz CT molecular complexity index is 640. The Morgan fingerprint density at radius 1 is 1.12 bits per heavy atom. The number of likely N-dealkylation sites (tertiary alicyclic amines) is 1. The number of ether oxygens (including phenoxy) is 1. The SMILES string of the molecule is CCOP(=O)(OCC)[C@@H]1CC[C@@H](C(=O)OC)N1C(=O)c1ccccc1. The van der Waals surface area contributed by atoms with Gasteiger partial charge in [0.15, 0.2) is 0 Å². The lowest BCUT2D eigenvalue weighted by Crippen LogP contribution is -2.45. The Balaban J connectivity index is 2.42. The second-order valence-corrected chi connectivity index (χ2v) is 7.74. The van der Waals surface area contributed by atoms with Crippen molar-refractivity contribution in [2.75, 3.05) is 20.3 Å². The van der Waals surface area contributed by atoms with Crippen molar-refractivity contribution in [2.45, 2.75) is 38.5 Å². The molecule has 0 bridgehead atoms. The summed E-state index contributed by atoms with van der Waals surface area (Å²) in [5.74, 6) is -1.74. The molecule has 25 heavy (non-hydrogen) atoms. The molecule has 1 aliphatic heterocycles. The van der Waals surface area contributed by atoms with Gasteiger partial charge >= 0.3 is 13.6 Å². The number of benzene rings is 1. The topological polar surface area (TPSA) is 82.1 Å². The Labute approximate surface area is 147 Å². The standard InChI is InChI=1S/C17H24NO6P/c1-4-23-25(21,24-5-2)15-12-11-14(17(20)22-3)18(15)16(19)13-9-7-6-8-10-13/h6-10,14-15H,4-5,11-12H2,1-3H3/t14-,15+/m0/s1. The third kappa shape index (κ3) is 4.11. The number of carbonyl (C=O) groups excluding carboxylic acids is 2. The molecular weight excluding hydrogens is 345 g/mol. The monoisotopic (exact) mass is 369 g/mol. The van der Waals surface area contributed by atoms with Crippen LogP contribution in [0.3, 0.4) is 0 Å². The van der Waals surface area contributed by atoms with Gasteiger partial charge in [-0.1, -0.05) is 18.2 Å². The lowest BCUT2D eigenvalue weighted by atomic mass is 10.1. The Morgan fingerprint density at radius 3 is 2.24 bits per heavy atom. The minimum atomic E-state index is -3.59. The first-order valence-corrected chi connectivity index (χ1v) is 9.94. The molecule has 7 nitrogen and oxygen atoms in total. The molecule has 0 aliphatic carbocycles. The minimum Gasteiger partial charge on any atom is -0.467 e. The van der Waals surface area contributed by atoms with Gasteiger partial charge in [-0.25, -0.2) is 4.79 Å². The third-order valence-electron chi connectivity index (χ3n) is 4.07. The Hall–Kier alpha value is -1.69. The molecule has 0 spiro atoms. The largest absolute Gasteiger partial charge is 0.467 e. The Kier molecular flexibility index (Phi) is 6.76. The molecule has 1 amide bonds. The van der Waals surface area contributed by atoms with Gasteiger partial charge in [0, 0.05) is 5.56 Å². The van der Waals surface area contributed by atoms with Gasteiger partial charge < -0.3 is 18.7 Å². The van der Waals surface area contributed by atoms with Crippen molar-refractivity contribution in [2.24, 2.45) is 0 Å². The third-order valence-corrected chi connectivity index (χ3v) is 6.54. The number of carbonyl (C=O) groups is 2. The highest BCUT2D eigenvalue weighted by Crippen LogP contribution is 2.58. The number of methoxy groups -OCH3 is 1. The molecule has 138 valence electrons. The highest BCUT2D eigenvalue weighted by molar-refractivity contribution is 7.54. The molecule has 8 heteroatoms. The summed E-state index contributed by atoms with van der Waals surface area (Å²) in [6.45, 7) is 3.79. The van der Waals surface area contributed by atoms with Crippen molar-refractivity contribution in [1.82, 2.24) is 4.90 Å². The van der Waals surface area contributed by atoms with E-state index in [0.29, 0.717) is 18.4 Å². The van der Waals surface area contributed by atoms with Gasteiger partial charge in [-0.2, -0.15) is 0 Å². The molecule has 2 rings (SSSR count). The predicted octanol–water partition coefficient (Wildman–Crippen LogP) is 3.06. The average Bonchev–Trinajstić information content (AvgIpc) is 3.07. The summed E-state index contributed by atoms with van der Waals surface area (Å²) in [6.07, 6.45) is 0.690. The van der Waals surface area contributed by atoms with E-state index < -0.39 is 31.3 Å². The molecule has 0 radical (unpaired) electrons. The van der Waals surface area contributed by atoms with E-state index in [1.807, 2.05) is 0 Å². The lowest BCUT2D eigenvalue weighted by molar-refractivity contribution is -0.145. The highest BCUT2D eigenvalue weighted by Gasteiger charge is 2.51. The van der Waals surface area contributed by atoms with E-state index in [0.717, 1.165) is 0 Å². The molecule has 1 aliphatic rings. The van der Waals surface area contributed by atoms with E-state index in [4.69, 9.17) is 13.8 Å². The summed E-state index contributed by atoms with van der Waals surface area (Å²) in [5, 5.41) is 0. The van der Waals surface area contributed by atoms with Crippen LogP contribution in [0, 0.1) is 0 Å². The van der Waals surface area contributed by atoms with E-state index in [9.17, 15) is 14.2 Å². The zero-order chi connectivity index (χ0) is 18.4. The quantitative estimate of drug-likeness (QED) is 0.543. The normalized spacial score (nSPS) is 20.5. The zero-order valence-corrected chi connectivity index (χ0v) is 15.6. The molecule has 0 unspecified atom stereocenters. The van der Waals surface area contributed by atoms with Crippen LogP contribution in [0.1, 0.15) is 37.0 Å². The molecule has 1 saturated heterocycles. The number of nitrogens with zero attached hydrogens (tertiary/aromatic N) is 1. The van der Waals surface area contributed by atoms with Crippen molar-refractivity contribution in [3.05, 3.63) is 35.9 Å². The van der Waals surface area contributed by atoms with Crippen LogP contribution in [0.2, 0.25) is 0 Å². The summed E-state index contributed by atoms with van der Waals surface area (Å²) >= 11 is 0. The van der Waals surface area contributed by atoms with Gasteiger partial charge in [-0.05, 0) is 38.8 Å². The van der Waals surface area contributed by atoms with Crippen LogP contribution in [-0.2, 0) is 23.1 Å². The fourth-order valence-corrected chi connectivity index (χ4v) is 5.22. The molecule has 0 saturated carbocycles. The molecule has 0 N–H and O–H groups in total. The smallest absolute Gasteiger partial charge is 0.352 e. The van der Waals surface area contributed by atoms with E-state index >= 15 is 0 Å². The van der Waals surface area contributed by atoms with Gasteiger partial charge in [0.05, 0.1) is 20.3 Å². The number of hydrogen-bond donors (Lipinski definition) is 0. The summed E-state index contributed by atoms with van der Waals surface area (Å²) < 4.78 is 28.9. The van der Waals surface area contributed by atoms with Crippen LogP contribution in [0.4, 0.5) is 0 Å². The van der Waals surface area contributed by atoms with Crippen molar-refractivity contribution >= 4 is 19.5 Å². The molecule has 0 aromatic heterocycles. The summed E-state index contributed by atoms with van der Waals surface area (Å²) in [4.78, 5) is 26.5. The maximum Gasteiger partial charge on any atom is 0.352 e. The first-order chi connectivity index (χ1) is 12.0. The molecule has 1 fully saturated rings. The number of hydrogen-bond acceptors (Lipinski definition) is 6. The van der Waals surface area contributed by atoms with Crippen LogP contribution in [0.5, 0.6) is 0 Å². The minimum absolute atomic E-state index is 0.185. The van der Waals surface area contributed by atoms with Gasteiger partial charge in [-0.15, -0.1) is 0 Å². The average molecular weight is 369 g/mol. The highest BCUT2D eigenvalue weighted by atomic mass is 31.2. The first-order valence-electron chi connectivity index (χ1n) is 8.32. The Morgan fingerprint density at radius 2 is 1.72 bits per heavy atom. The molecule has 1 heterocycles. The molecule has 1 aromatic rings. The zero-order valence-electron chi connectivity index (χ0n) is 14.7. The first kappa shape index (κ1) is 19.6. The lowest BCUT2D eigenvalue weighted by Gasteiger charge is -2.33. The number of amides is 1. The van der Waals surface area contributed by atoms with Gasteiger partial charge in [0.2, 0.25) is 0 Å². The van der Waals surface area contributed by atoms with E-state index in [1.165, 1.54) is 12.0 Å². The molecule has 1 aromatic carbocycles.